The molecule has 0 aliphatic carbocycles. The van der Waals surface area contributed by atoms with Crippen molar-refractivity contribution in [3.63, 3.8) is 0 Å². The van der Waals surface area contributed by atoms with E-state index in [-0.39, 0.29) is 0 Å². The normalized spacial score (nSPS) is 10.0. The summed E-state index contributed by atoms with van der Waals surface area (Å²) in [5.41, 5.74) is 0. The summed E-state index contributed by atoms with van der Waals surface area (Å²) < 4.78 is 33.4. The van der Waals surface area contributed by atoms with Gasteiger partial charge in [-0.25, -0.2) is 0 Å². The number of benzene rings is 1. The second-order valence-electron chi connectivity index (χ2n) is 2.10. The zero-order chi connectivity index (χ0) is 9.61. The molecule has 0 amide bonds. The molecule has 0 bridgehead atoms. The van der Waals surface area contributed by atoms with Crippen LogP contribution >= 0.6 is 0 Å². The Labute approximate surface area is 106 Å². The zero-order valence-electron chi connectivity index (χ0n) is 6.51. The summed E-state index contributed by atoms with van der Waals surface area (Å²) in [6, 6.07) is 10.6. The van der Waals surface area contributed by atoms with Crippen LogP contribution in [0.3, 0.4) is 0 Å². The SMILES string of the molecule is O=[Se](=O)(O)O.[K][c]1ccccc1. The first-order valence-electron chi connectivity index (χ1n) is 3.11. The fourth-order valence-electron chi connectivity index (χ4n) is 0.534. The Morgan fingerprint density at radius 3 is 1.58 bits per heavy atom. The first-order chi connectivity index (χ1) is 5.39. The third-order valence-electron chi connectivity index (χ3n) is 0.940. The van der Waals surface area contributed by atoms with Gasteiger partial charge >= 0.3 is 108 Å². The summed E-state index contributed by atoms with van der Waals surface area (Å²) in [7, 11) is 0. The average molecular weight is 261 g/mol. The van der Waals surface area contributed by atoms with Crippen molar-refractivity contribution in [2.24, 2.45) is 0 Å². The van der Waals surface area contributed by atoms with Crippen molar-refractivity contribution in [1.82, 2.24) is 0 Å². The number of hydrogen-bond acceptors (Lipinski definition) is 2. The Morgan fingerprint density at radius 2 is 1.42 bits per heavy atom. The van der Waals surface area contributed by atoms with E-state index in [1.54, 1.807) is 0 Å². The molecule has 0 fully saturated rings. The molecule has 0 atom stereocenters. The molecule has 0 aliphatic heterocycles. The molecule has 1 rings (SSSR count). The summed E-state index contributed by atoms with van der Waals surface area (Å²) in [4.78, 5) is 0. The molecule has 0 aromatic heterocycles. The zero-order valence-corrected chi connectivity index (χ0v) is 11.3. The Bertz CT molecular complexity index is 300. The number of rotatable bonds is 0. The molecule has 0 saturated heterocycles. The van der Waals surface area contributed by atoms with E-state index < -0.39 is 13.4 Å². The third kappa shape index (κ3) is 13.5. The monoisotopic (exact) mass is 262 g/mol. The van der Waals surface area contributed by atoms with Gasteiger partial charge in [0, 0.05) is 0 Å². The Morgan fingerprint density at radius 1 is 1.08 bits per heavy atom. The fourth-order valence-corrected chi connectivity index (χ4v) is 1.14. The van der Waals surface area contributed by atoms with Crippen molar-refractivity contribution in [2.75, 3.05) is 0 Å². The van der Waals surface area contributed by atoms with Gasteiger partial charge in [0.25, 0.3) is 0 Å². The molecule has 0 aliphatic rings. The van der Waals surface area contributed by atoms with E-state index in [0.717, 1.165) is 49.0 Å². The summed E-state index contributed by atoms with van der Waals surface area (Å²) in [6.45, 7) is 0. The van der Waals surface area contributed by atoms with Crippen molar-refractivity contribution in [2.45, 2.75) is 0 Å². The molecule has 4 nitrogen and oxygen atoms in total. The second kappa shape index (κ2) is 6.36. The van der Waals surface area contributed by atoms with Gasteiger partial charge in [-0.05, 0) is 0 Å². The summed E-state index contributed by atoms with van der Waals surface area (Å²) in [5, 5.41) is 0. The van der Waals surface area contributed by atoms with Crippen LogP contribution in [0.1, 0.15) is 0 Å². The van der Waals surface area contributed by atoms with E-state index >= 15 is 0 Å². The molecule has 0 unspecified atom stereocenters. The molecule has 0 heterocycles. The van der Waals surface area contributed by atoms with E-state index in [0.29, 0.717) is 0 Å². The molecule has 6 heteroatoms. The van der Waals surface area contributed by atoms with Gasteiger partial charge in [0.05, 0.1) is 0 Å². The summed E-state index contributed by atoms with van der Waals surface area (Å²) in [6.07, 6.45) is 0. The Balaban J connectivity index is 0.000000217. The molecule has 1 aromatic rings. The Hall–Kier alpha value is 0.896. The van der Waals surface area contributed by atoms with E-state index in [9.17, 15) is 0 Å². The van der Waals surface area contributed by atoms with Gasteiger partial charge in [-0.1, -0.05) is 0 Å². The predicted octanol–water partition coefficient (Wildman–Crippen LogP) is -1.25. The van der Waals surface area contributed by atoms with E-state index in [4.69, 9.17) is 16.0 Å². The molecule has 0 saturated carbocycles. The van der Waals surface area contributed by atoms with Gasteiger partial charge in [-0.15, -0.1) is 0 Å². The first kappa shape index (κ1) is 12.9. The average Bonchev–Trinajstić information content (AvgIpc) is 1.85. The standard InChI is InChI=1S/C6H5.K.H2O4Se/c1-2-4-6-5-3-1;;1-5(2,3)4/h1-5H;;(H2,1,2,3,4). The third-order valence-corrected chi connectivity index (χ3v) is 1.98. The van der Waals surface area contributed by atoms with Crippen LogP contribution in [0.2, 0.25) is 0 Å². The second-order valence-corrected chi connectivity index (χ2v) is 5.78. The first-order valence-corrected chi connectivity index (χ1v) is 7.60. The molecule has 0 radical (unpaired) electrons. The fraction of sp³-hybridized carbons (Fsp3) is 0. The number of hydrogen-bond donors (Lipinski definition) is 2. The summed E-state index contributed by atoms with van der Waals surface area (Å²) in [5.74, 6) is 0. The van der Waals surface area contributed by atoms with Crippen LogP contribution in [0.4, 0.5) is 0 Å². The maximum atomic E-state index is 8.82. The van der Waals surface area contributed by atoms with Crippen molar-refractivity contribution in [3.05, 3.63) is 30.3 Å². The van der Waals surface area contributed by atoms with Crippen LogP contribution in [0.5, 0.6) is 0 Å². The molecule has 62 valence electrons. The van der Waals surface area contributed by atoms with Gasteiger partial charge in [0.1, 0.15) is 0 Å². The van der Waals surface area contributed by atoms with Gasteiger partial charge in [-0.2, -0.15) is 0 Å². The van der Waals surface area contributed by atoms with Gasteiger partial charge < -0.3 is 0 Å². The van der Waals surface area contributed by atoms with E-state index in [1.807, 2.05) is 0 Å². The minimum atomic E-state index is -5.25. The van der Waals surface area contributed by atoms with Crippen LogP contribution in [0.15, 0.2) is 30.3 Å². The van der Waals surface area contributed by atoms with Crippen molar-refractivity contribution >= 4 is 62.0 Å². The van der Waals surface area contributed by atoms with Crippen LogP contribution in [0.25, 0.3) is 0 Å². The van der Waals surface area contributed by atoms with Crippen LogP contribution in [-0.4, -0.2) is 70.7 Å². The van der Waals surface area contributed by atoms with Crippen LogP contribution in [-0.2, 0) is 7.67 Å². The van der Waals surface area contributed by atoms with Crippen molar-refractivity contribution < 1.29 is 16.0 Å². The minimum absolute atomic E-state index is 0.855. The maximum absolute atomic E-state index is 8.82. The van der Waals surface area contributed by atoms with Crippen molar-refractivity contribution in [1.29, 1.82) is 0 Å². The van der Waals surface area contributed by atoms with E-state index in [1.165, 1.54) is -0.342 Å². The van der Waals surface area contributed by atoms with Crippen LogP contribution in [0, 0.1) is 0 Å². The molecular formula is C6H7KO4Se. The van der Waals surface area contributed by atoms with Crippen LogP contribution < -0.4 is -0.342 Å². The van der Waals surface area contributed by atoms with Crippen molar-refractivity contribution in [3.8, 4) is 0 Å². The van der Waals surface area contributed by atoms with E-state index in [2.05, 4.69) is 30.3 Å². The Kier molecular flexibility index (Phi) is 6.84. The molecule has 0 spiro atoms. The quantitative estimate of drug-likeness (QED) is 0.572. The predicted molar refractivity (Wildman–Crippen MR) is 43.4 cm³/mol. The molecular weight excluding hydrogens is 254 g/mol. The van der Waals surface area contributed by atoms with Gasteiger partial charge in [0.15, 0.2) is 0 Å². The molecule has 1 aromatic carbocycles. The molecule has 12 heavy (non-hydrogen) atoms. The molecule has 2 N–H and O–H groups in total. The van der Waals surface area contributed by atoms with Gasteiger partial charge in [0.2, 0.25) is 0 Å². The summed E-state index contributed by atoms with van der Waals surface area (Å²) >= 11 is -4.39. The topological polar surface area (TPSA) is 74.6 Å². The van der Waals surface area contributed by atoms with Gasteiger partial charge in [-0.3, -0.25) is 0 Å².